The number of rotatable bonds is 7. The third-order valence-electron chi connectivity index (χ3n) is 4.34. The molecule has 0 amide bonds. The third kappa shape index (κ3) is 6.22. The van der Waals surface area contributed by atoms with Crippen LogP contribution < -0.4 is 5.32 Å². The van der Waals surface area contributed by atoms with E-state index in [1.807, 2.05) is 19.1 Å². The number of aliphatic hydroxyl groups is 1. The molecule has 0 radical (unpaired) electrons. The van der Waals surface area contributed by atoms with Crippen molar-refractivity contribution >= 4 is 9.84 Å². The monoisotopic (exact) mass is 340 g/mol. The molecule has 130 valence electrons. The molecule has 5 nitrogen and oxygen atoms in total. The van der Waals surface area contributed by atoms with Crippen LogP contribution in [0.15, 0.2) is 29.2 Å². The lowest BCUT2D eigenvalue weighted by atomic mass is 9.96. The summed E-state index contributed by atoms with van der Waals surface area (Å²) in [6, 6.07) is 7.07. The number of sulfone groups is 1. The van der Waals surface area contributed by atoms with Gasteiger partial charge in [0.25, 0.3) is 0 Å². The number of hydrogen-bond donors (Lipinski definition) is 2. The summed E-state index contributed by atoms with van der Waals surface area (Å²) in [6.45, 7) is 6.46. The summed E-state index contributed by atoms with van der Waals surface area (Å²) in [6.07, 6.45) is 3.29. The van der Waals surface area contributed by atoms with Crippen molar-refractivity contribution in [3.8, 4) is 0 Å². The van der Waals surface area contributed by atoms with Crippen molar-refractivity contribution in [1.82, 2.24) is 10.2 Å². The number of piperidine rings is 1. The molecule has 23 heavy (non-hydrogen) atoms. The van der Waals surface area contributed by atoms with Gasteiger partial charge in [-0.3, -0.25) is 0 Å². The van der Waals surface area contributed by atoms with Crippen LogP contribution in [0.2, 0.25) is 0 Å². The number of nitrogens with zero attached hydrogens (tertiary/aromatic N) is 1. The maximum atomic E-state index is 11.4. The Morgan fingerprint density at radius 2 is 1.87 bits per heavy atom. The minimum Gasteiger partial charge on any atom is -0.392 e. The highest BCUT2D eigenvalue weighted by atomic mass is 32.2. The smallest absolute Gasteiger partial charge is 0.175 e. The van der Waals surface area contributed by atoms with E-state index in [0.717, 1.165) is 51.1 Å². The summed E-state index contributed by atoms with van der Waals surface area (Å²) < 4.78 is 22.8. The van der Waals surface area contributed by atoms with E-state index in [2.05, 4.69) is 10.2 Å². The van der Waals surface area contributed by atoms with E-state index in [4.69, 9.17) is 0 Å². The average Bonchev–Trinajstić information content (AvgIpc) is 2.48. The van der Waals surface area contributed by atoms with Gasteiger partial charge in [0.1, 0.15) is 0 Å². The first-order valence-electron chi connectivity index (χ1n) is 8.24. The normalized spacial score (nSPS) is 18.9. The van der Waals surface area contributed by atoms with Crippen LogP contribution in [0.5, 0.6) is 0 Å². The van der Waals surface area contributed by atoms with Crippen LogP contribution >= 0.6 is 0 Å². The number of β-amino-alcohol motifs (C(OH)–C–C–N with tert-alkyl or cyclic N) is 1. The number of aliphatic hydroxyl groups excluding tert-OH is 1. The van der Waals surface area contributed by atoms with Gasteiger partial charge < -0.3 is 15.3 Å². The first kappa shape index (κ1) is 18.4. The van der Waals surface area contributed by atoms with E-state index in [1.54, 1.807) is 12.1 Å². The Morgan fingerprint density at radius 1 is 1.26 bits per heavy atom. The van der Waals surface area contributed by atoms with E-state index < -0.39 is 9.84 Å². The van der Waals surface area contributed by atoms with E-state index in [0.29, 0.717) is 10.8 Å². The Hall–Kier alpha value is -0.950. The molecular weight excluding hydrogens is 312 g/mol. The molecule has 1 atom stereocenters. The molecule has 2 rings (SSSR count). The lowest BCUT2D eigenvalue weighted by Crippen LogP contribution is -2.40. The Balaban J connectivity index is 1.70. The molecule has 1 aromatic carbocycles. The Morgan fingerprint density at radius 3 is 2.39 bits per heavy atom. The predicted octanol–water partition coefficient (Wildman–Crippen LogP) is 1.27. The fourth-order valence-electron chi connectivity index (χ4n) is 3.02. The molecular formula is C17H28N2O3S. The quantitative estimate of drug-likeness (QED) is 0.782. The highest BCUT2D eigenvalue weighted by molar-refractivity contribution is 7.90. The molecule has 6 heteroatoms. The number of likely N-dealkylation sites (tertiary alicyclic amines) is 1. The van der Waals surface area contributed by atoms with Gasteiger partial charge in [-0.05, 0) is 63.0 Å². The van der Waals surface area contributed by atoms with Crippen LogP contribution in [0, 0.1) is 5.92 Å². The van der Waals surface area contributed by atoms with Gasteiger partial charge in [-0.25, -0.2) is 8.42 Å². The highest BCUT2D eigenvalue weighted by Crippen LogP contribution is 2.17. The summed E-state index contributed by atoms with van der Waals surface area (Å²) in [5, 5.41) is 12.9. The third-order valence-corrected chi connectivity index (χ3v) is 5.47. The van der Waals surface area contributed by atoms with E-state index in [1.165, 1.54) is 6.26 Å². The second-order valence-corrected chi connectivity index (χ2v) is 8.66. The van der Waals surface area contributed by atoms with Gasteiger partial charge in [0.15, 0.2) is 9.84 Å². The second kappa shape index (κ2) is 8.24. The van der Waals surface area contributed by atoms with Crippen molar-refractivity contribution in [2.45, 2.75) is 37.3 Å². The Bertz CT molecular complexity index is 576. The SMILES string of the molecule is C[C@@H](O)CN1CCC(CNCc2ccc(S(C)(=O)=O)cc2)CC1. The molecule has 1 aliphatic heterocycles. The summed E-state index contributed by atoms with van der Waals surface area (Å²) in [5.74, 6) is 0.676. The number of hydrogen-bond acceptors (Lipinski definition) is 5. The van der Waals surface area contributed by atoms with Crippen molar-refractivity contribution < 1.29 is 13.5 Å². The van der Waals surface area contributed by atoms with Crippen molar-refractivity contribution in [3.05, 3.63) is 29.8 Å². The van der Waals surface area contributed by atoms with Crippen molar-refractivity contribution in [1.29, 1.82) is 0 Å². The molecule has 0 saturated carbocycles. The van der Waals surface area contributed by atoms with Gasteiger partial charge in [0.2, 0.25) is 0 Å². The molecule has 0 aromatic heterocycles. The van der Waals surface area contributed by atoms with Gasteiger partial charge in [-0.1, -0.05) is 12.1 Å². The van der Waals surface area contributed by atoms with Crippen LogP contribution in [-0.2, 0) is 16.4 Å². The van der Waals surface area contributed by atoms with Gasteiger partial charge in [-0.15, -0.1) is 0 Å². The molecule has 1 aromatic rings. The zero-order valence-corrected chi connectivity index (χ0v) is 14.8. The maximum Gasteiger partial charge on any atom is 0.175 e. The first-order valence-corrected chi connectivity index (χ1v) is 10.1. The van der Waals surface area contributed by atoms with Gasteiger partial charge in [0, 0.05) is 19.3 Å². The molecule has 1 heterocycles. The zero-order chi connectivity index (χ0) is 16.9. The molecule has 1 aliphatic rings. The van der Waals surface area contributed by atoms with Gasteiger partial charge >= 0.3 is 0 Å². The average molecular weight is 340 g/mol. The minimum atomic E-state index is -3.11. The summed E-state index contributed by atoms with van der Waals surface area (Å²) in [4.78, 5) is 2.69. The molecule has 0 bridgehead atoms. The summed E-state index contributed by atoms with van der Waals surface area (Å²) >= 11 is 0. The van der Waals surface area contributed by atoms with Crippen LogP contribution in [0.4, 0.5) is 0 Å². The van der Waals surface area contributed by atoms with Crippen LogP contribution in [-0.4, -0.2) is 57.0 Å². The Kier molecular flexibility index (Phi) is 6.59. The standard InChI is InChI=1S/C17H28N2O3S/c1-14(20)13-19-9-7-16(8-10-19)12-18-11-15-3-5-17(6-4-15)23(2,21)22/h3-6,14,16,18,20H,7-13H2,1-2H3/t14-/m1/s1. The Labute approximate surface area is 139 Å². The zero-order valence-electron chi connectivity index (χ0n) is 14.0. The predicted molar refractivity (Wildman–Crippen MR) is 92.1 cm³/mol. The fourth-order valence-corrected chi connectivity index (χ4v) is 3.65. The van der Waals surface area contributed by atoms with Crippen molar-refractivity contribution in [2.75, 3.05) is 32.4 Å². The topological polar surface area (TPSA) is 69.6 Å². The van der Waals surface area contributed by atoms with E-state index in [-0.39, 0.29) is 6.10 Å². The molecule has 0 spiro atoms. The fraction of sp³-hybridized carbons (Fsp3) is 0.647. The van der Waals surface area contributed by atoms with Crippen LogP contribution in [0.25, 0.3) is 0 Å². The number of benzene rings is 1. The molecule has 2 N–H and O–H groups in total. The lowest BCUT2D eigenvalue weighted by molar-refractivity contribution is 0.0998. The first-order chi connectivity index (χ1) is 10.8. The summed E-state index contributed by atoms with van der Waals surface area (Å²) in [7, 11) is -3.11. The molecule has 0 unspecified atom stereocenters. The van der Waals surface area contributed by atoms with E-state index in [9.17, 15) is 13.5 Å². The van der Waals surface area contributed by atoms with Crippen LogP contribution in [0.3, 0.4) is 0 Å². The molecule has 1 saturated heterocycles. The minimum absolute atomic E-state index is 0.250. The molecule has 1 fully saturated rings. The maximum absolute atomic E-state index is 11.4. The largest absolute Gasteiger partial charge is 0.392 e. The van der Waals surface area contributed by atoms with Crippen molar-refractivity contribution in [2.24, 2.45) is 5.92 Å². The van der Waals surface area contributed by atoms with Crippen LogP contribution in [0.1, 0.15) is 25.3 Å². The van der Waals surface area contributed by atoms with Crippen molar-refractivity contribution in [3.63, 3.8) is 0 Å². The number of nitrogens with one attached hydrogen (secondary N) is 1. The van der Waals surface area contributed by atoms with Gasteiger partial charge in [-0.2, -0.15) is 0 Å². The molecule has 0 aliphatic carbocycles. The summed E-state index contributed by atoms with van der Waals surface area (Å²) in [5.41, 5.74) is 1.10. The highest BCUT2D eigenvalue weighted by Gasteiger charge is 2.19. The van der Waals surface area contributed by atoms with Gasteiger partial charge in [0.05, 0.1) is 11.0 Å². The van der Waals surface area contributed by atoms with E-state index >= 15 is 0 Å². The second-order valence-electron chi connectivity index (χ2n) is 6.64. The lowest BCUT2D eigenvalue weighted by Gasteiger charge is -2.32.